The molecule has 3 nitrogen and oxygen atoms in total. The molecule has 3 heteroatoms. The van der Waals surface area contributed by atoms with Crippen LogP contribution in [0.5, 0.6) is 5.75 Å². The standard InChI is InChI=1S/C17H28N2O/c1-15(16-8-6-9-17(14-16)20-2)18-10-7-13-19-11-4-3-5-12-19/h6,8-9,14-15,18H,3-5,7,10-13H2,1-2H3. The maximum absolute atomic E-state index is 5.28. The number of nitrogens with one attached hydrogen (secondary N) is 1. The lowest BCUT2D eigenvalue weighted by molar-refractivity contribution is 0.225. The topological polar surface area (TPSA) is 24.5 Å². The van der Waals surface area contributed by atoms with E-state index < -0.39 is 0 Å². The van der Waals surface area contributed by atoms with Crippen LogP contribution in [-0.4, -0.2) is 38.2 Å². The summed E-state index contributed by atoms with van der Waals surface area (Å²) in [5.41, 5.74) is 1.29. The Labute approximate surface area is 123 Å². The Balaban J connectivity index is 1.67. The molecule has 1 heterocycles. The molecule has 1 aliphatic heterocycles. The number of piperidine rings is 1. The quantitative estimate of drug-likeness (QED) is 0.774. The van der Waals surface area contributed by atoms with Gasteiger partial charge in [0.05, 0.1) is 7.11 Å². The Kier molecular flexibility index (Phi) is 6.34. The van der Waals surface area contributed by atoms with Crippen LogP contribution in [0.4, 0.5) is 0 Å². The van der Waals surface area contributed by atoms with Gasteiger partial charge >= 0.3 is 0 Å². The molecule has 0 aliphatic carbocycles. The van der Waals surface area contributed by atoms with Crippen molar-refractivity contribution in [3.05, 3.63) is 29.8 Å². The van der Waals surface area contributed by atoms with Gasteiger partial charge in [-0.2, -0.15) is 0 Å². The Hall–Kier alpha value is -1.06. The maximum atomic E-state index is 5.28. The van der Waals surface area contributed by atoms with E-state index in [1.807, 2.05) is 6.07 Å². The second kappa shape index (κ2) is 8.28. The van der Waals surface area contributed by atoms with E-state index in [1.54, 1.807) is 7.11 Å². The van der Waals surface area contributed by atoms with Crippen LogP contribution in [0.2, 0.25) is 0 Å². The first-order valence-corrected chi connectivity index (χ1v) is 7.89. The van der Waals surface area contributed by atoms with Crippen molar-refractivity contribution in [2.75, 3.05) is 33.3 Å². The fourth-order valence-corrected chi connectivity index (χ4v) is 2.83. The van der Waals surface area contributed by atoms with Gasteiger partial charge in [-0.1, -0.05) is 18.6 Å². The van der Waals surface area contributed by atoms with Crippen LogP contribution < -0.4 is 10.1 Å². The Morgan fingerprint density at radius 1 is 1.25 bits per heavy atom. The summed E-state index contributed by atoms with van der Waals surface area (Å²) in [6, 6.07) is 8.70. The highest BCUT2D eigenvalue weighted by molar-refractivity contribution is 5.30. The Morgan fingerprint density at radius 2 is 2.05 bits per heavy atom. The van der Waals surface area contributed by atoms with E-state index in [-0.39, 0.29) is 0 Å². The third-order valence-corrected chi connectivity index (χ3v) is 4.14. The number of rotatable bonds is 7. The fourth-order valence-electron chi connectivity index (χ4n) is 2.83. The molecule has 112 valence electrons. The lowest BCUT2D eigenvalue weighted by Gasteiger charge is -2.26. The van der Waals surface area contributed by atoms with Crippen molar-refractivity contribution in [1.29, 1.82) is 0 Å². The zero-order chi connectivity index (χ0) is 14.2. The predicted molar refractivity (Wildman–Crippen MR) is 84.3 cm³/mol. The number of ether oxygens (including phenoxy) is 1. The predicted octanol–water partition coefficient (Wildman–Crippen LogP) is 3.22. The van der Waals surface area contributed by atoms with E-state index in [0.717, 1.165) is 12.3 Å². The third-order valence-electron chi connectivity index (χ3n) is 4.14. The van der Waals surface area contributed by atoms with Gasteiger partial charge in [0.1, 0.15) is 5.75 Å². The zero-order valence-electron chi connectivity index (χ0n) is 12.9. The van der Waals surface area contributed by atoms with Crippen LogP contribution in [0.25, 0.3) is 0 Å². The summed E-state index contributed by atoms with van der Waals surface area (Å²) < 4.78 is 5.28. The van der Waals surface area contributed by atoms with Crippen LogP contribution >= 0.6 is 0 Å². The molecule has 1 aromatic rings. The molecule has 20 heavy (non-hydrogen) atoms. The summed E-state index contributed by atoms with van der Waals surface area (Å²) in [7, 11) is 1.72. The monoisotopic (exact) mass is 276 g/mol. The summed E-state index contributed by atoms with van der Waals surface area (Å²) >= 11 is 0. The molecular weight excluding hydrogens is 248 g/mol. The van der Waals surface area contributed by atoms with Crippen molar-refractivity contribution in [1.82, 2.24) is 10.2 Å². The first-order valence-electron chi connectivity index (χ1n) is 7.89. The second-order valence-corrected chi connectivity index (χ2v) is 5.71. The van der Waals surface area contributed by atoms with Crippen molar-refractivity contribution in [3.63, 3.8) is 0 Å². The molecule has 0 radical (unpaired) electrons. The molecule has 1 atom stereocenters. The van der Waals surface area contributed by atoms with Gasteiger partial charge in [0.25, 0.3) is 0 Å². The highest BCUT2D eigenvalue weighted by Crippen LogP contribution is 2.18. The van der Waals surface area contributed by atoms with Crippen molar-refractivity contribution < 1.29 is 4.74 Å². The SMILES string of the molecule is COc1cccc(C(C)NCCCN2CCCCC2)c1. The van der Waals surface area contributed by atoms with Gasteiger partial charge in [-0.05, 0) is 70.1 Å². The van der Waals surface area contributed by atoms with Crippen LogP contribution in [0, 0.1) is 0 Å². The lowest BCUT2D eigenvalue weighted by atomic mass is 10.1. The van der Waals surface area contributed by atoms with Crippen molar-refractivity contribution in [2.45, 2.75) is 38.6 Å². The molecule has 1 unspecified atom stereocenters. The van der Waals surface area contributed by atoms with Gasteiger partial charge in [-0.15, -0.1) is 0 Å². The van der Waals surface area contributed by atoms with Gasteiger partial charge < -0.3 is 15.0 Å². The number of nitrogens with zero attached hydrogens (tertiary/aromatic N) is 1. The summed E-state index contributed by atoms with van der Waals surface area (Å²) in [4.78, 5) is 2.60. The normalized spacial score (nSPS) is 17.9. The highest BCUT2D eigenvalue weighted by Gasteiger charge is 2.10. The second-order valence-electron chi connectivity index (χ2n) is 5.71. The first-order chi connectivity index (χ1) is 9.79. The number of hydrogen-bond donors (Lipinski definition) is 1. The van der Waals surface area contributed by atoms with E-state index in [9.17, 15) is 0 Å². The minimum atomic E-state index is 0.381. The lowest BCUT2D eigenvalue weighted by Crippen LogP contribution is -2.32. The van der Waals surface area contributed by atoms with Gasteiger partial charge in [0.2, 0.25) is 0 Å². The highest BCUT2D eigenvalue weighted by atomic mass is 16.5. The number of methoxy groups -OCH3 is 1. The third kappa shape index (κ3) is 4.80. The Morgan fingerprint density at radius 3 is 2.80 bits per heavy atom. The van der Waals surface area contributed by atoms with Crippen molar-refractivity contribution in [3.8, 4) is 5.75 Å². The minimum Gasteiger partial charge on any atom is -0.497 e. The van der Waals surface area contributed by atoms with Crippen LogP contribution in [0.1, 0.15) is 44.2 Å². The Bertz CT molecular complexity index is 388. The van der Waals surface area contributed by atoms with E-state index in [0.29, 0.717) is 6.04 Å². The average Bonchev–Trinajstić information content (AvgIpc) is 2.52. The van der Waals surface area contributed by atoms with E-state index in [4.69, 9.17) is 4.74 Å². The first kappa shape index (κ1) is 15.3. The molecule has 1 saturated heterocycles. The van der Waals surface area contributed by atoms with E-state index >= 15 is 0 Å². The smallest absolute Gasteiger partial charge is 0.119 e. The molecule has 2 rings (SSSR count). The van der Waals surface area contributed by atoms with Crippen LogP contribution in [-0.2, 0) is 0 Å². The molecule has 0 amide bonds. The summed E-state index contributed by atoms with van der Waals surface area (Å²) in [6.07, 6.45) is 5.41. The molecule has 1 N–H and O–H groups in total. The van der Waals surface area contributed by atoms with Gasteiger partial charge in [-0.25, -0.2) is 0 Å². The van der Waals surface area contributed by atoms with E-state index in [2.05, 4.69) is 35.3 Å². The molecule has 0 saturated carbocycles. The molecule has 1 fully saturated rings. The molecule has 0 aromatic heterocycles. The van der Waals surface area contributed by atoms with Crippen molar-refractivity contribution in [2.24, 2.45) is 0 Å². The van der Waals surface area contributed by atoms with Gasteiger partial charge in [0, 0.05) is 6.04 Å². The van der Waals surface area contributed by atoms with E-state index in [1.165, 1.54) is 50.9 Å². The van der Waals surface area contributed by atoms with Crippen LogP contribution in [0.15, 0.2) is 24.3 Å². The van der Waals surface area contributed by atoms with Gasteiger partial charge in [-0.3, -0.25) is 0 Å². The molecule has 0 spiro atoms. The summed E-state index contributed by atoms with van der Waals surface area (Å²) in [6.45, 7) is 7.12. The van der Waals surface area contributed by atoms with Crippen molar-refractivity contribution >= 4 is 0 Å². The minimum absolute atomic E-state index is 0.381. The fraction of sp³-hybridized carbons (Fsp3) is 0.647. The number of benzene rings is 1. The molecular formula is C17H28N2O. The van der Waals surface area contributed by atoms with Crippen LogP contribution in [0.3, 0.4) is 0 Å². The maximum Gasteiger partial charge on any atom is 0.119 e. The number of hydrogen-bond acceptors (Lipinski definition) is 3. The molecule has 1 aromatic carbocycles. The summed E-state index contributed by atoms with van der Waals surface area (Å²) in [5, 5.41) is 3.61. The van der Waals surface area contributed by atoms with Gasteiger partial charge in [0.15, 0.2) is 0 Å². The average molecular weight is 276 g/mol. The number of likely N-dealkylation sites (tertiary alicyclic amines) is 1. The molecule has 1 aliphatic rings. The zero-order valence-corrected chi connectivity index (χ0v) is 12.9. The molecule has 0 bridgehead atoms. The largest absolute Gasteiger partial charge is 0.497 e. The summed E-state index contributed by atoms with van der Waals surface area (Å²) in [5.74, 6) is 0.935.